The topological polar surface area (TPSA) is 12.0 Å². The lowest BCUT2D eigenvalue weighted by Gasteiger charge is -2.25. The molecule has 1 heteroatoms. The van der Waals surface area contributed by atoms with Crippen LogP contribution in [0.2, 0.25) is 0 Å². The van der Waals surface area contributed by atoms with E-state index in [4.69, 9.17) is 0 Å². The van der Waals surface area contributed by atoms with Gasteiger partial charge in [-0.05, 0) is 46.1 Å². The summed E-state index contributed by atoms with van der Waals surface area (Å²) in [7, 11) is 0. The highest BCUT2D eigenvalue weighted by molar-refractivity contribution is 4.76. The minimum atomic E-state index is 0.327. The van der Waals surface area contributed by atoms with E-state index in [1.165, 1.54) is 38.5 Å². The zero-order chi connectivity index (χ0) is 10.9. The van der Waals surface area contributed by atoms with Crippen LogP contribution in [-0.2, 0) is 0 Å². The molecule has 0 aliphatic carbocycles. The fraction of sp³-hybridized carbons (Fsp3) is 0.846. The second-order valence-electron chi connectivity index (χ2n) is 4.70. The predicted octanol–water partition coefficient (Wildman–Crippen LogP) is 3.90. The molecule has 0 aromatic heterocycles. The molecule has 0 atom stereocenters. The largest absolute Gasteiger partial charge is 0.312 e. The molecule has 0 fully saturated rings. The van der Waals surface area contributed by atoms with Crippen LogP contribution in [0.4, 0.5) is 0 Å². The third-order valence-corrected chi connectivity index (χ3v) is 2.56. The second-order valence-corrected chi connectivity index (χ2v) is 4.70. The van der Waals surface area contributed by atoms with Crippen molar-refractivity contribution in [3.8, 4) is 0 Å². The van der Waals surface area contributed by atoms with E-state index in [-0.39, 0.29) is 0 Å². The molecule has 0 aromatic rings. The van der Waals surface area contributed by atoms with E-state index in [2.05, 4.69) is 32.7 Å². The van der Waals surface area contributed by atoms with E-state index in [1.54, 1.807) is 0 Å². The van der Waals surface area contributed by atoms with Gasteiger partial charge in [-0.2, -0.15) is 0 Å². The van der Waals surface area contributed by atoms with Crippen LogP contribution < -0.4 is 5.32 Å². The molecule has 0 saturated heterocycles. The highest BCUT2D eigenvalue weighted by Crippen LogP contribution is 2.10. The maximum absolute atomic E-state index is 3.73. The molecular weight excluding hydrogens is 170 g/mol. The molecule has 0 rings (SSSR count). The Labute approximate surface area is 90.0 Å². The predicted molar refractivity (Wildman–Crippen MR) is 65.7 cm³/mol. The molecule has 0 amide bonds. The lowest BCUT2D eigenvalue weighted by Crippen LogP contribution is -2.39. The Kier molecular flexibility index (Phi) is 7.87. The van der Waals surface area contributed by atoms with Crippen molar-refractivity contribution in [2.24, 2.45) is 0 Å². The molecule has 14 heavy (non-hydrogen) atoms. The second kappa shape index (κ2) is 8.05. The van der Waals surface area contributed by atoms with Gasteiger partial charge in [0.15, 0.2) is 0 Å². The quantitative estimate of drug-likeness (QED) is 0.436. The van der Waals surface area contributed by atoms with Gasteiger partial charge in [-0.1, -0.05) is 25.8 Å². The molecule has 0 spiro atoms. The van der Waals surface area contributed by atoms with Gasteiger partial charge in [-0.15, -0.1) is 6.58 Å². The number of hydrogen-bond donors (Lipinski definition) is 1. The molecule has 0 aliphatic heterocycles. The van der Waals surface area contributed by atoms with Crippen LogP contribution in [0.25, 0.3) is 0 Å². The normalized spacial score (nSPS) is 11.6. The summed E-state index contributed by atoms with van der Waals surface area (Å²) in [6.07, 6.45) is 9.60. The van der Waals surface area contributed by atoms with Crippen LogP contribution in [0, 0.1) is 0 Å². The first kappa shape index (κ1) is 13.7. The summed E-state index contributed by atoms with van der Waals surface area (Å²) in [4.78, 5) is 0. The van der Waals surface area contributed by atoms with Gasteiger partial charge in [-0.3, -0.25) is 0 Å². The Morgan fingerprint density at radius 1 is 1.21 bits per heavy atom. The highest BCUT2D eigenvalue weighted by Gasteiger charge is 2.13. The number of nitrogens with one attached hydrogen (secondary N) is 1. The fourth-order valence-electron chi connectivity index (χ4n) is 1.73. The van der Waals surface area contributed by atoms with E-state index in [0.717, 1.165) is 6.54 Å². The fourth-order valence-corrected chi connectivity index (χ4v) is 1.73. The number of rotatable bonds is 9. The molecule has 0 aromatic carbocycles. The zero-order valence-electron chi connectivity index (χ0n) is 10.2. The van der Waals surface area contributed by atoms with E-state index >= 15 is 0 Å². The Balaban J connectivity index is 3.29. The molecule has 0 radical (unpaired) electrons. The van der Waals surface area contributed by atoms with Crippen molar-refractivity contribution in [1.29, 1.82) is 0 Å². The molecule has 0 bridgehead atoms. The Morgan fingerprint density at radius 3 is 2.50 bits per heavy atom. The van der Waals surface area contributed by atoms with Crippen molar-refractivity contribution in [3.63, 3.8) is 0 Å². The van der Waals surface area contributed by atoms with Crippen LogP contribution in [0.1, 0.15) is 59.3 Å². The molecular formula is C13H27N. The van der Waals surface area contributed by atoms with Gasteiger partial charge in [0.05, 0.1) is 0 Å². The summed E-state index contributed by atoms with van der Waals surface area (Å²) < 4.78 is 0. The van der Waals surface area contributed by atoms with Gasteiger partial charge in [0.1, 0.15) is 0 Å². The lowest BCUT2D eigenvalue weighted by molar-refractivity contribution is 0.355. The van der Waals surface area contributed by atoms with E-state index in [1.807, 2.05) is 6.08 Å². The molecule has 0 unspecified atom stereocenters. The minimum absolute atomic E-state index is 0.327. The van der Waals surface area contributed by atoms with Crippen molar-refractivity contribution in [1.82, 2.24) is 5.32 Å². The number of allylic oxidation sites excluding steroid dienone is 1. The maximum atomic E-state index is 3.73. The standard InChI is InChI=1S/C13H27N/c1-5-7-8-9-10-12-14-13(3,4)11-6-2/h5,14H,1,6-12H2,2-4H3. The molecule has 84 valence electrons. The van der Waals surface area contributed by atoms with Gasteiger partial charge in [0, 0.05) is 5.54 Å². The van der Waals surface area contributed by atoms with Crippen molar-refractivity contribution in [2.75, 3.05) is 6.54 Å². The number of hydrogen-bond acceptors (Lipinski definition) is 1. The third-order valence-electron chi connectivity index (χ3n) is 2.56. The third kappa shape index (κ3) is 8.31. The molecule has 1 nitrogen and oxygen atoms in total. The highest BCUT2D eigenvalue weighted by atomic mass is 14.9. The molecule has 0 heterocycles. The van der Waals surface area contributed by atoms with Crippen molar-refractivity contribution in [3.05, 3.63) is 12.7 Å². The summed E-state index contributed by atoms with van der Waals surface area (Å²) in [5.41, 5.74) is 0.327. The van der Waals surface area contributed by atoms with Crippen LogP contribution in [-0.4, -0.2) is 12.1 Å². The summed E-state index contributed by atoms with van der Waals surface area (Å²) in [5.74, 6) is 0. The van der Waals surface area contributed by atoms with Crippen LogP contribution in [0.15, 0.2) is 12.7 Å². The smallest absolute Gasteiger partial charge is 0.0125 e. The SMILES string of the molecule is C=CCCCCCNC(C)(C)CCC. The average Bonchev–Trinajstić information content (AvgIpc) is 2.11. The van der Waals surface area contributed by atoms with Gasteiger partial charge < -0.3 is 5.32 Å². The summed E-state index contributed by atoms with van der Waals surface area (Å²) in [5, 5.41) is 3.61. The van der Waals surface area contributed by atoms with Gasteiger partial charge in [0.2, 0.25) is 0 Å². The summed E-state index contributed by atoms with van der Waals surface area (Å²) in [6.45, 7) is 11.7. The van der Waals surface area contributed by atoms with E-state index in [0.29, 0.717) is 5.54 Å². The zero-order valence-corrected chi connectivity index (χ0v) is 10.2. The summed E-state index contributed by atoms with van der Waals surface area (Å²) in [6, 6.07) is 0. The first-order chi connectivity index (χ1) is 6.62. The first-order valence-corrected chi connectivity index (χ1v) is 5.98. The Morgan fingerprint density at radius 2 is 1.93 bits per heavy atom. The molecule has 0 aliphatic rings. The first-order valence-electron chi connectivity index (χ1n) is 5.98. The monoisotopic (exact) mass is 197 g/mol. The Hall–Kier alpha value is -0.300. The minimum Gasteiger partial charge on any atom is -0.312 e. The number of unbranched alkanes of at least 4 members (excludes halogenated alkanes) is 3. The summed E-state index contributed by atoms with van der Waals surface area (Å²) >= 11 is 0. The van der Waals surface area contributed by atoms with Gasteiger partial charge >= 0.3 is 0 Å². The van der Waals surface area contributed by atoms with E-state index in [9.17, 15) is 0 Å². The Bertz CT molecular complexity index is 138. The van der Waals surface area contributed by atoms with Crippen molar-refractivity contribution in [2.45, 2.75) is 64.8 Å². The van der Waals surface area contributed by atoms with Gasteiger partial charge in [-0.25, -0.2) is 0 Å². The van der Waals surface area contributed by atoms with Crippen LogP contribution in [0.3, 0.4) is 0 Å². The average molecular weight is 197 g/mol. The lowest BCUT2D eigenvalue weighted by atomic mass is 9.99. The van der Waals surface area contributed by atoms with Gasteiger partial charge in [0.25, 0.3) is 0 Å². The van der Waals surface area contributed by atoms with E-state index < -0.39 is 0 Å². The van der Waals surface area contributed by atoms with Crippen molar-refractivity contribution < 1.29 is 0 Å². The van der Waals surface area contributed by atoms with Crippen molar-refractivity contribution >= 4 is 0 Å². The molecule has 1 N–H and O–H groups in total. The van der Waals surface area contributed by atoms with Crippen LogP contribution >= 0.6 is 0 Å². The molecule has 0 saturated carbocycles. The van der Waals surface area contributed by atoms with Crippen LogP contribution in [0.5, 0.6) is 0 Å². The maximum Gasteiger partial charge on any atom is 0.0125 e.